The summed E-state index contributed by atoms with van der Waals surface area (Å²) in [5.74, 6) is 0. The highest BCUT2D eigenvalue weighted by molar-refractivity contribution is 5.00. The van der Waals surface area contributed by atoms with Gasteiger partial charge in [0.05, 0.1) is 6.10 Å². The Kier molecular flexibility index (Phi) is 5.26. The quantitative estimate of drug-likeness (QED) is 0.603. The molecule has 0 bridgehead atoms. The number of methoxy groups -OCH3 is 1. The number of ether oxygens (including phenoxy) is 1. The van der Waals surface area contributed by atoms with Crippen molar-refractivity contribution in [2.75, 3.05) is 13.7 Å². The van der Waals surface area contributed by atoms with E-state index in [1.54, 1.807) is 7.11 Å². The van der Waals surface area contributed by atoms with E-state index in [4.69, 9.17) is 9.84 Å². The van der Waals surface area contributed by atoms with Crippen molar-refractivity contribution in [3.05, 3.63) is 11.6 Å². The highest BCUT2D eigenvalue weighted by Gasteiger charge is 1.94. The Morgan fingerprint density at radius 1 is 1.70 bits per heavy atom. The van der Waals surface area contributed by atoms with Crippen LogP contribution in [0, 0.1) is 0 Å². The summed E-state index contributed by atoms with van der Waals surface area (Å²) in [6.45, 7) is 4.19. The Balaban J connectivity index is 3.65. The van der Waals surface area contributed by atoms with Gasteiger partial charge in [0.25, 0.3) is 0 Å². The van der Waals surface area contributed by atoms with Crippen molar-refractivity contribution < 1.29 is 9.84 Å². The van der Waals surface area contributed by atoms with Crippen LogP contribution in [0.4, 0.5) is 0 Å². The molecule has 0 spiro atoms. The van der Waals surface area contributed by atoms with Gasteiger partial charge in [0.15, 0.2) is 0 Å². The zero-order chi connectivity index (χ0) is 7.98. The number of aliphatic hydroxyl groups excluding tert-OH is 1. The minimum Gasteiger partial charge on any atom is -0.396 e. The summed E-state index contributed by atoms with van der Waals surface area (Å²) in [4.78, 5) is 0. The molecule has 0 heterocycles. The van der Waals surface area contributed by atoms with Crippen LogP contribution in [-0.2, 0) is 4.74 Å². The molecule has 1 atom stereocenters. The lowest BCUT2D eigenvalue weighted by molar-refractivity contribution is 0.155. The maximum atomic E-state index is 8.54. The van der Waals surface area contributed by atoms with Crippen molar-refractivity contribution in [1.82, 2.24) is 0 Å². The monoisotopic (exact) mass is 144 g/mol. The van der Waals surface area contributed by atoms with Gasteiger partial charge in [-0.2, -0.15) is 0 Å². The van der Waals surface area contributed by atoms with Gasteiger partial charge >= 0.3 is 0 Å². The second-order valence-electron chi connectivity index (χ2n) is 2.43. The van der Waals surface area contributed by atoms with E-state index < -0.39 is 0 Å². The molecule has 10 heavy (non-hydrogen) atoms. The van der Waals surface area contributed by atoms with Crippen LogP contribution in [0.15, 0.2) is 11.6 Å². The lowest BCUT2D eigenvalue weighted by Crippen LogP contribution is -2.01. The average molecular weight is 144 g/mol. The Morgan fingerprint density at radius 3 is 2.70 bits per heavy atom. The lowest BCUT2D eigenvalue weighted by Gasteiger charge is -2.04. The van der Waals surface area contributed by atoms with Crippen molar-refractivity contribution >= 4 is 0 Å². The van der Waals surface area contributed by atoms with Gasteiger partial charge in [-0.05, 0) is 20.3 Å². The van der Waals surface area contributed by atoms with Crippen molar-refractivity contribution in [2.24, 2.45) is 0 Å². The van der Waals surface area contributed by atoms with Crippen molar-refractivity contribution in [1.29, 1.82) is 0 Å². The molecule has 0 aliphatic heterocycles. The average Bonchev–Trinajstić information content (AvgIpc) is 1.88. The van der Waals surface area contributed by atoms with E-state index in [1.165, 1.54) is 5.57 Å². The van der Waals surface area contributed by atoms with Crippen LogP contribution in [0.3, 0.4) is 0 Å². The Labute approximate surface area is 62.5 Å². The Morgan fingerprint density at radius 2 is 2.30 bits per heavy atom. The third kappa shape index (κ3) is 4.53. The fourth-order valence-corrected chi connectivity index (χ4v) is 0.728. The molecule has 1 N–H and O–H groups in total. The lowest BCUT2D eigenvalue weighted by atomic mass is 10.2. The number of aliphatic hydroxyl groups is 1. The molecule has 0 saturated carbocycles. The first-order chi connectivity index (χ1) is 4.70. The number of hydrogen-bond acceptors (Lipinski definition) is 2. The van der Waals surface area contributed by atoms with E-state index in [1.807, 2.05) is 19.9 Å². The van der Waals surface area contributed by atoms with Gasteiger partial charge in [0.2, 0.25) is 0 Å². The molecule has 0 aromatic carbocycles. The number of rotatable bonds is 4. The zero-order valence-corrected chi connectivity index (χ0v) is 6.92. The molecule has 2 nitrogen and oxygen atoms in total. The standard InChI is InChI=1S/C8H16O2/c1-7(4-5-9)6-8(2)10-3/h6,8-9H,4-5H2,1-3H3/b7-6+. The van der Waals surface area contributed by atoms with Gasteiger partial charge in [0, 0.05) is 13.7 Å². The normalized spacial score (nSPS) is 15.4. The summed E-state index contributed by atoms with van der Waals surface area (Å²) in [5.41, 5.74) is 1.18. The molecule has 0 aromatic rings. The third-order valence-corrected chi connectivity index (χ3v) is 1.40. The van der Waals surface area contributed by atoms with E-state index in [0.717, 1.165) is 6.42 Å². The molecule has 1 unspecified atom stereocenters. The van der Waals surface area contributed by atoms with Crippen LogP contribution in [0.2, 0.25) is 0 Å². The first-order valence-electron chi connectivity index (χ1n) is 3.51. The smallest absolute Gasteiger partial charge is 0.0726 e. The molecule has 2 heteroatoms. The van der Waals surface area contributed by atoms with E-state index in [0.29, 0.717) is 0 Å². The Hall–Kier alpha value is -0.340. The minimum absolute atomic E-state index is 0.159. The molecule has 0 aliphatic rings. The summed E-state index contributed by atoms with van der Waals surface area (Å²) in [7, 11) is 1.67. The summed E-state index contributed by atoms with van der Waals surface area (Å²) in [6.07, 6.45) is 2.91. The summed E-state index contributed by atoms with van der Waals surface area (Å²) < 4.78 is 5.01. The highest BCUT2D eigenvalue weighted by atomic mass is 16.5. The van der Waals surface area contributed by atoms with Gasteiger partial charge in [0.1, 0.15) is 0 Å². The fraction of sp³-hybridized carbons (Fsp3) is 0.750. The predicted octanol–water partition coefficient (Wildman–Crippen LogP) is 1.35. The van der Waals surface area contributed by atoms with Crippen molar-refractivity contribution in [2.45, 2.75) is 26.4 Å². The van der Waals surface area contributed by atoms with E-state index in [9.17, 15) is 0 Å². The summed E-state index contributed by atoms with van der Waals surface area (Å²) in [5, 5.41) is 8.54. The molecule has 0 fully saturated rings. The van der Waals surface area contributed by atoms with Gasteiger partial charge in [-0.15, -0.1) is 0 Å². The van der Waals surface area contributed by atoms with Gasteiger partial charge in [-0.3, -0.25) is 0 Å². The SMILES string of the molecule is COC(C)/C=C(\C)CCO. The molecule has 0 radical (unpaired) electrons. The summed E-state index contributed by atoms with van der Waals surface area (Å²) in [6, 6.07) is 0. The van der Waals surface area contributed by atoms with E-state index in [2.05, 4.69) is 0 Å². The maximum absolute atomic E-state index is 8.54. The molecule has 0 aromatic heterocycles. The molecule has 0 amide bonds. The second kappa shape index (κ2) is 5.45. The zero-order valence-electron chi connectivity index (χ0n) is 6.92. The van der Waals surface area contributed by atoms with Gasteiger partial charge in [-0.1, -0.05) is 11.6 Å². The predicted molar refractivity (Wildman–Crippen MR) is 41.9 cm³/mol. The van der Waals surface area contributed by atoms with Crippen LogP contribution in [0.5, 0.6) is 0 Å². The first-order valence-corrected chi connectivity index (χ1v) is 3.51. The topological polar surface area (TPSA) is 29.5 Å². The first kappa shape index (κ1) is 9.66. The molecular weight excluding hydrogens is 128 g/mol. The van der Waals surface area contributed by atoms with E-state index >= 15 is 0 Å². The largest absolute Gasteiger partial charge is 0.396 e. The fourth-order valence-electron chi connectivity index (χ4n) is 0.728. The molecule has 0 saturated heterocycles. The van der Waals surface area contributed by atoms with Crippen LogP contribution in [0.25, 0.3) is 0 Å². The van der Waals surface area contributed by atoms with Crippen LogP contribution in [0.1, 0.15) is 20.3 Å². The Bertz CT molecular complexity index is 108. The van der Waals surface area contributed by atoms with Crippen molar-refractivity contribution in [3.63, 3.8) is 0 Å². The molecule has 60 valence electrons. The van der Waals surface area contributed by atoms with Gasteiger partial charge in [-0.25, -0.2) is 0 Å². The third-order valence-electron chi connectivity index (χ3n) is 1.40. The minimum atomic E-state index is 0.159. The molecule has 0 aliphatic carbocycles. The summed E-state index contributed by atoms with van der Waals surface area (Å²) >= 11 is 0. The highest BCUT2D eigenvalue weighted by Crippen LogP contribution is 2.01. The van der Waals surface area contributed by atoms with Crippen LogP contribution in [-0.4, -0.2) is 24.9 Å². The second-order valence-corrected chi connectivity index (χ2v) is 2.43. The maximum Gasteiger partial charge on any atom is 0.0726 e. The van der Waals surface area contributed by atoms with Crippen LogP contribution < -0.4 is 0 Å². The molecular formula is C8H16O2. The van der Waals surface area contributed by atoms with Crippen LogP contribution >= 0.6 is 0 Å². The van der Waals surface area contributed by atoms with Gasteiger partial charge < -0.3 is 9.84 Å². The van der Waals surface area contributed by atoms with Crippen molar-refractivity contribution in [3.8, 4) is 0 Å². The molecule has 0 rings (SSSR count). The van der Waals surface area contributed by atoms with E-state index in [-0.39, 0.29) is 12.7 Å². The number of hydrogen-bond donors (Lipinski definition) is 1.